The molecule has 2 N–H and O–H groups in total. The predicted molar refractivity (Wildman–Crippen MR) is 86.6 cm³/mol. The lowest BCUT2D eigenvalue weighted by atomic mass is 10.2. The van der Waals surface area contributed by atoms with E-state index in [0.29, 0.717) is 26.2 Å². The van der Waals surface area contributed by atoms with E-state index >= 15 is 0 Å². The molecule has 23 heavy (non-hydrogen) atoms. The van der Waals surface area contributed by atoms with Crippen LogP contribution in [-0.2, 0) is 14.8 Å². The summed E-state index contributed by atoms with van der Waals surface area (Å²) in [5.74, 6) is -1.12. The maximum absolute atomic E-state index is 13.6. The van der Waals surface area contributed by atoms with E-state index in [1.807, 2.05) is 0 Å². The molecule has 0 radical (unpaired) electrons. The van der Waals surface area contributed by atoms with Crippen LogP contribution in [-0.4, -0.2) is 44.8 Å². The van der Waals surface area contributed by atoms with Gasteiger partial charge in [-0.05, 0) is 29.3 Å². The maximum Gasteiger partial charge on any atom is 0.243 e. The second kappa shape index (κ2) is 6.56. The summed E-state index contributed by atoms with van der Waals surface area (Å²) in [5, 5.41) is 5.48. The molecule has 1 amide bonds. The van der Waals surface area contributed by atoms with Crippen molar-refractivity contribution in [3.05, 3.63) is 35.2 Å². The Balaban J connectivity index is 0.00000192. The van der Waals surface area contributed by atoms with Crippen molar-refractivity contribution in [2.45, 2.75) is 11.8 Å². The Morgan fingerprint density at radius 3 is 2.43 bits per heavy atom. The van der Waals surface area contributed by atoms with E-state index < -0.39 is 21.7 Å². The van der Waals surface area contributed by atoms with Gasteiger partial charge in [0.2, 0.25) is 15.9 Å². The Hall–Kier alpha value is -1.48. The average Bonchev–Trinajstić information content (AvgIpc) is 3.01. The molecular formula is C14H17ClFN3O3S. The zero-order valence-corrected chi connectivity index (χ0v) is 14.1. The number of carbonyl (C=O) groups is 1. The Morgan fingerprint density at radius 2 is 1.87 bits per heavy atom. The lowest BCUT2D eigenvalue weighted by Gasteiger charge is -2.19. The molecule has 0 bridgehead atoms. The zero-order chi connectivity index (χ0) is 15.9. The summed E-state index contributed by atoms with van der Waals surface area (Å²) in [6.07, 6.45) is 0. The SMILES string of the molecule is CC(=O)Nc1cc(S(=O)(=O)N2CC3=C(CNC3)C2)ccc1F.Cl. The van der Waals surface area contributed by atoms with Gasteiger partial charge in [0.25, 0.3) is 0 Å². The molecule has 0 aromatic heterocycles. The van der Waals surface area contributed by atoms with Gasteiger partial charge < -0.3 is 10.6 Å². The summed E-state index contributed by atoms with van der Waals surface area (Å²) >= 11 is 0. The number of nitrogens with zero attached hydrogens (tertiary/aromatic N) is 1. The fourth-order valence-electron chi connectivity index (χ4n) is 2.70. The minimum absolute atomic E-state index is 0. The molecule has 0 atom stereocenters. The van der Waals surface area contributed by atoms with Crippen LogP contribution in [0.2, 0.25) is 0 Å². The predicted octanol–water partition coefficient (Wildman–Crippen LogP) is 1.11. The van der Waals surface area contributed by atoms with Gasteiger partial charge in [-0.25, -0.2) is 12.8 Å². The number of hydrogen-bond acceptors (Lipinski definition) is 4. The van der Waals surface area contributed by atoms with Gasteiger partial charge in [-0.15, -0.1) is 12.4 Å². The van der Waals surface area contributed by atoms with E-state index in [1.165, 1.54) is 17.3 Å². The summed E-state index contributed by atoms with van der Waals surface area (Å²) in [7, 11) is -3.71. The third-order valence-electron chi connectivity index (χ3n) is 3.80. The van der Waals surface area contributed by atoms with Crippen molar-refractivity contribution in [1.29, 1.82) is 0 Å². The monoisotopic (exact) mass is 361 g/mol. The molecule has 0 unspecified atom stereocenters. The first-order valence-corrected chi connectivity index (χ1v) is 8.30. The van der Waals surface area contributed by atoms with Crippen molar-refractivity contribution in [2.75, 3.05) is 31.5 Å². The van der Waals surface area contributed by atoms with Gasteiger partial charge in [0.1, 0.15) is 5.82 Å². The molecule has 2 heterocycles. The largest absolute Gasteiger partial charge is 0.324 e. The zero-order valence-electron chi connectivity index (χ0n) is 12.4. The van der Waals surface area contributed by atoms with E-state index in [9.17, 15) is 17.6 Å². The smallest absolute Gasteiger partial charge is 0.243 e. The summed E-state index contributed by atoms with van der Waals surface area (Å²) in [4.78, 5) is 11.0. The van der Waals surface area contributed by atoms with Crippen LogP contribution in [0.3, 0.4) is 0 Å². The lowest BCUT2D eigenvalue weighted by molar-refractivity contribution is -0.114. The highest BCUT2D eigenvalue weighted by Gasteiger charge is 2.34. The number of anilines is 1. The van der Waals surface area contributed by atoms with E-state index in [2.05, 4.69) is 10.6 Å². The minimum atomic E-state index is -3.71. The highest BCUT2D eigenvalue weighted by molar-refractivity contribution is 7.89. The molecule has 3 rings (SSSR count). The highest BCUT2D eigenvalue weighted by Crippen LogP contribution is 2.28. The molecule has 2 aliphatic heterocycles. The summed E-state index contributed by atoms with van der Waals surface area (Å²) in [5.41, 5.74) is 2.08. The number of rotatable bonds is 3. The van der Waals surface area contributed by atoms with Crippen LogP contribution in [0.15, 0.2) is 34.2 Å². The molecule has 1 aromatic carbocycles. The van der Waals surface area contributed by atoms with E-state index in [-0.39, 0.29) is 23.0 Å². The molecular weight excluding hydrogens is 345 g/mol. The summed E-state index contributed by atoms with van der Waals surface area (Å²) in [6, 6.07) is 3.43. The molecule has 0 saturated carbocycles. The van der Waals surface area contributed by atoms with Crippen molar-refractivity contribution in [3.63, 3.8) is 0 Å². The number of benzene rings is 1. The average molecular weight is 362 g/mol. The van der Waals surface area contributed by atoms with E-state index in [4.69, 9.17) is 0 Å². The number of hydrogen-bond donors (Lipinski definition) is 2. The fourth-order valence-corrected chi connectivity index (χ4v) is 4.16. The molecule has 0 saturated heterocycles. The molecule has 6 nitrogen and oxygen atoms in total. The molecule has 2 aliphatic rings. The normalized spacial score (nSPS) is 17.8. The van der Waals surface area contributed by atoms with Crippen molar-refractivity contribution >= 4 is 34.0 Å². The standard InChI is InChI=1S/C14H16FN3O3S.ClH/c1-9(19)17-14-4-12(2-3-13(14)15)22(20,21)18-7-10-5-16-6-11(10)8-18;/h2-4,16H,5-8H2,1H3,(H,17,19);1H. The maximum atomic E-state index is 13.6. The third-order valence-corrected chi connectivity index (χ3v) is 5.59. The molecule has 0 spiro atoms. The van der Waals surface area contributed by atoms with Gasteiger partial charge in [-0.1, -0.05) is 0 Å². The van der Waals surface area contributed by atoms with Crippen molar-refractivity contribution < 1.29 is 17.6 Å². The highest BCUT2D eigenvalue weighted by atomic mass is 35.5. The van der Waals surface area contributed by atoms with Crippen LogP contribution in [0.5, 0.6) is 0 Å². The number of amides is 1. The van der Waals surface area contributed by atoms with Gasteiger partial charge in [-0.2, -0.15) is 4.31 Å². The fraction of sp³-hybridized carbons (Fsp3) is 0.357. The van der Waals surface area contributed by atoms with Gasteiger partial charge in [-0.3, -0.25) is 4.79 Å². The van der Waals surface area contributed by atoms with E-state index in [1.54, 1.807) is 0 Å². The number of nitrogens with one attached hydrogen (secondary N) is 2. The second-order valence-corrected chi connectivity index (χ2v) is 7.34. The first-order valence-electron chi connectivity index (χ1n) is 6.85. The Labute approximate surface area is 140 Å². The van der Waals surface area contributed by atoms with E-state index in [0.717, 1.165) is 23.3 Å². The van der Waals surface area contributed by atoms with Crippen molar-refractivity contribution in [2.24, 2.45) is 0 Å². The molecule has 0 aliphatic carbocycles. The Bertz CT molecular complexity index is 763. The lowest BCUT2D eigenvalue weighted by Crippen LogP contribution is -2.32. The summed E-state index contributed by atoms with van der Waals surface area (Å²) in [6.45, 7) is 3.38. The minimum Gasteiger partial charge on any atom is -0.324 e. The topological polar surface area (TPSA) is 78.5 Å². The summed E-state index contributed by atoms with van der Waals surface area (Å²) < 4.78 is 40.3. The van der Waals surface area contributed by atoms with Gasteiger partial charge in [0.15, 0.2) is 0 Å². The molecule has 0 fully saturated rings. The van der Waals surface area contributed by atoms with Crippen LogP contribution >= 0.6 is 12.4 Å². The number of sulfonamides is 1. The number of carbonyl (C=O) groups excluding carboxylic acids is 1. The number of halogens is 2. The second-order valence-electron chi connectivity index (χ2n) is 5.41. The van der Waals surface area contributed by atoms with Gasteiger partial charge in [0.05, 0.1) is 10.6 Å². The van der Waals surface area contributed by atoms with Crippen LogP contribution in [0, 0.1) is 5.82 Å². The quantitative estimate of drug-likeness (QED) is 0.790. The Morgan fingerprint density at radius 1 is 1.26 bits per heavy atom. The molecule has 1 aromatic rings. The van der Waals surface area contributed by atoms with Gasteiger partial charge >= 0.3 is 0 Å². The Kier molecular flexibility index (Phi) is 5.10. The van der Waals surface area contributed by atoms with Crippen LogP contribution in [0.25, 0.3) is 0 Å². The first kappa shape index (κ1) is 17.9. The molecule has 9 heteroatoms. The van der Waals surface area contributed by atoms with Crippen molar-refractivity contribution in [3.8, 4) is 0 Å². The van der Waals surface area contributed by atoms with Crippen LogP contribution in [0.1, 0.15) is 6.92 Å². The molecule has 126 valence electrons. The van der Waals surface area contributed by atoms with Crippen molar-refractivity contribution in [1.82, 2.24) is 9.62 Å². The van der Waals surface area contributed by atoms with Crippen LogP contribution < -0.4 is 10.6 Å². The first-order chi connectivity index (χ1) is 10.4. The van der Waals surface area contributed by atoms with Gasteiger partial charge in [0, 0.05) is 33.1 Å². The van der Waals surface area contributed by atoms with Crippen LogP contribution in [0.4, 0.5) is 10.1 Å². The third kappa shape index (κ3) is 3.40.